The Labute approximate surface area is 191 Å². The molecule has 0 bridgehead atoms. The molecule has 1 aromatic heterocycles. The number of fused-ring (bicyclic) bond motifs is 6. The highest BCUT2D eigenvalue weighted by molar-refractivity contribution is 5.80. The molecule has 0 spiro atoms. The molecular weight excluding hydrogens is 396 g/mol. The van der Waals surface area contributed by atoms with E-state index in [2.05, 4.69) is 33.8 Å². The van der Waals surface area contributed by atoms with Crippen LogP contribution in [0.4, 0.5) is 0 Å². The number of hydrogen-bond acceptors (Lipinski definition) is 2. The molecule has 2 aromatic rings. The first-order chi connectivity index (χ1) is 15.3. The van der Waals surface area contributed by atoms with Crippen molar-refractivity contribution in [2.75, 3.05) is 0 Å². The van der Waals surface area contributed by atoms with E-state index >= 15 is 0 Å². The zero-order valence-corrected chi connectivity index (χ0v) is 20.1. The fourth-order valence-electron chi connectivity index (χ4n) is 7.54. The van der Waals surface area contributed by atoms with E-state index in [1.807, 2.05) is 22.9 Å². The second kappa shape index (κ2) is 8.04. The minimum Gasteiger partial charge on any atom is -0.267 e. The summed E-state index contributed by atoms with van der Waals surface area (Å²) in [6, 6.07) is 7.34. The summed E-state index contributed by atoms with van der Waals surface area (Å²) in [5.41, 5.74) is 1.72. The van der Waals surface area contributed by atoms with Crippen LogP contribution >= 0.6 is 0 Å². The highest BCUT2D eigenvalue weighted by Gasteiger charge is 2.53. The lowest BCUT2D eigenvalue weighted by atomic mass is 9.59. The van der Waals surface area contributed by atoms with E-state index in [1.165, 1.54) is 37.7 Å². The number of benzene rings is 1. The van der Waals surface area contributed by atoms with Gasteiger partial charge in [-0.1, -0.05) is 65.2 Å². The van der Waals surface area contributed by atoms with Crippen molar-refractivity contribution in [1.82, 2.24) is 9.36 Å². The molecule has 0 N–H and O–H groups in total. The summed E-state index contributed by atoms with van der Waals surface area (Å²) in [6.07, 6.45) is 10.9. The molecule has 172 valence electrons. The molecule has 4 nitrogen and oxygen atoms in total. The number of hydrogen-bond donors (Lipinski definition) is 0. The molecule has 0 radical (unpaired) electrons. The molecule has 2 heterocycles. The van der Waals surface area contributed by atoms with E-state index in [4.69, 9.17) is 0 Å². The van der Waals surface area contributed by atoms with Crippen LogP contribution in [0.25, 0.3) is 10.8 Å². The first-order valence-electron chi connectivity index (χ1n) is 12.8. The first kappa shape index (κ1) is 21.7. The largest absolute Gasteiger partial charge is 0.273 e. The molecule has 0 saturated heterocycles. The summed E-state index contributed by atoms with van der Waals surface area (Å²) in [6.45, 7) is 10.2. The van der Waals surface area contributed by atoms with Crippen LogP contribution in [0.1, 0.15) is 78.7 Å². The lowest BCUT2D eigenvalue weighted by Gasteiger charge is -2.48. The second-order valence-corrected chi connectivity index (χ2v) is 11.4. The van der Waals surface area contributed by atoms with Gasteiger partial charge in [-0.05, 0) is 72.5 Å². The molecule has 1 aliphatic heterocycles. The average Bonchev–Trinajstić information content (AvgIpc) is 3.14. The van der Waals surface area contributed by atoms with Crippen LogP contribution in [0.15, 0.2) is 45.5 Å². The molecule has 2 saturated carbocycles. The third-order valence-electron chi connectivity index (χ3n) is 9.17. The number of aromatic nitrogens is 2. The van der Waals surface area contributed by atoms with Gasteiger partial charge in [0.05, 0.1) is 23.4 Å². The Balaban J connectivity index is 1.46. The van der Waals surface area contributed by atoms with Gasteiger partial charge in [0.25, 0.3) is 11.1 Å². The highest BCUT2D eigenvalue weighted by Crippen LogP contribution is 2.62. The highest BCUT2D eigenvalue weighted by atomic mass is 16.2. The van der Waals surface area contributed by atoms with Gasteiger partial charge in [-0.3, -0.25) is 9.59 Å². The van der Waals surface area contributed by atoms with Crippen molar-refractivity contribution < 1.29 is 0 Å². The van der Waals surface area contributed by atoms with E-state index < -0.39 is 0 Å². The molecule has 0 unspecified atom stereocenters. The van der Waals surface area contributed by atoms with Crippen molar-refractivity contribution in [3.8, 4) is 0 Å². The molecule has 0 amide bonds. The molecular formula is C28H38N2O2. The SMILES string of the molecule is CC(C)CCC[C@@H](C)[C@H]1CC[C@H]2C3=CCn4c(=O)c5ccccc5c(=O)n4[C@@H]3CC[C@]12C. The van der Waals surface area contributed by atoms with Crippen molar-refractivity contribution in [2.24, 2.45) is 29.1 Å². The minimum atomic E-state index is -0.0353. The van der Waals surface area contributed by atoms with Gasteiger partial charge in [-0.25, -0.2) is 9.36 Å². The zero-order valence-electron chi connectivity index (χ0n) is 20.1. The van der Waals surface area contributed by atoms with Crippen LogP contribution in [0.2, 0.25) is 0 Å². The zero-order chi connectivity index (χ0) is 22.6. The smallest absolute Gasteiger partial charge is 0.267 e. The standard InChI is InChI=1S/C28H38N2O2/c1-18(2)8-7-9-19(3)23-12-13-24-22-15-17-29-26(31)20-10-5-6-11-21(20)27(32)30(29)25(22)14-16-28(23,24)4/h5-6,10-11,15,18-19,23-25H,7-9,12-14,16-17H2,1-4H3/t19-,23-,24+,25-,28-/m1/s1. The molecule has 2 aliphatic carbocycles. The fourth-order valence-corrected chi connectivity index (χ4v) is 7.54. The Hall–Kier alpha value is -2.10. The van der Waals surface area contributed by atoms with Crippen LogP contribution in [-0.2, 0) is 6.54 Å². The van der Waals surface area contributed by atoms with Gasteiger partial charge in [-0.2, -0.15) is 0 Å². The molecule has 1 aromatic carbocycles. The van der Waals surface area contributed by atoms with Gasteiger partial charge in [0.15, 0.2) is 0 Å². The lowest BCUT2D eigenvalue weighted by Crippen LogP contribution is -2.48. The van der Waals surface area contributed by atoms with Crippen LogP contribution in [0.3, 0.4) is 0 Å². The van der Waals surface area contributed by atoms with Crippen molar-refractivity contribution in [1.29, 1.82) is 0 Å². The predicted octanol–water partition coefficient (Wildman–Crippen LogP) is 5.93. The summed E-state index contributed by atoms with van der Waals surface area (Å²) >= 11 is 0. The van der Waals surface area contributed by atoms with Gasteiger partial charge in [0.2, 0.25) is 0 Å². The Morgan fingerprint density at radius 3 is 2.44 bits per heavy atom. The third-order valence-corrected chi connectivity index (χ3v) is 9.17. The van der Waals surface area contributed by atoms with Crippen molar-refractivity contribution in [3.63, 3.8) is 0 Å². The molecule has 5 rings (SSSR count). The predicted molar refractivity (Wildman–Crippen MR) is 131 cm³/mol. The van der Waals surface area contributed by atoms with Crippen LogP contribution in [0.5, 0.6) is 0 Å². The summed E-state index contributed by atoms with van der Waals surface area (Å²) in [5, 5.41) is 1.11. The number of rotatable bonds is 5. The van der Waals surface area contributed by atoms with E-state index in [0.29, 0.717) is 28.7 Å². The quantitative estimate of drug-likeness (QED) is 0.547. The molecule has 3 aliphatic rings. The summed E-state index contributed by atoms with van der Waals surface area (Å²) in [5.74, 6) is 2.85. The molecule has 32 heavy (non-hydrogen) atoms. The van der Waals surface area contributed by atoms with Crippen molar-refractivity contribution in [2.45, 2.75) is 85.2 Å². The number of allylic oxidation sites excluding steroid dienone is 2. The Kier molecular flexibility index (Phi) is 5.46. The number of nitrogens with zero attached hydrogens (tertiary/aromatic N) is 2. The summed E-state index contributed by atoms with van der Waals surface area (Å²) in [4.78, 5) is 26.6. The summed E-state index contributed by atoms with van der Waals surface area (Å²) in [7, 11) is 0. The van der Waals surface area contributed by atoms with E-state index in [9.17, 15) is 9.59 Å². The monoisotopic (exact) mass is 434 g/mol. The average molecular weight is 435 g/mol. The van der Waals surface area contributed by atoms with E-state index in [-0.39, 0.29) is 17.2 Å². The van der Waals surface area contributed by atoms with Crippen LogP contribution in [-0.4, -0.2) is 9.36 Å². The normalized spacial score (nSPS) is 30.0. The molecule has 2 fully saturated rings. The van der Waals surface area contributed by atoms with Crippen LogP contribution in [0, 0.1) is 29.1 Å². The van der Waals surface area contributed by atoms with Crippen LogP contribution < -0.4 is 11.1 Å². The lowest BCUT2D eigenvalue weighted by molar-refractivity contribution is 0.0714. The maximum Gasteiger partial charge on any atom is 0.273 e. The van der Waals surface area contributed by atoms with Gasteiger partial charge >= 0.3 is 0 Å². The van der Waals surface area contributed by atoms with E-state index in [0.717, 1.165) is 30.6 Å². The Morgan fingerprint density at radius 2 is 1.72 bits per heavy atom. The van der Waals surface area contributed by atoms with Crippen molar-refractivity contribution >= 4 is 10.8 Å². The Bertz CT molecular complexity index is 1170. The van der Waals surface area contributed by atoms with Gasteiger partial charge < -0.3 is 0 Å². The fraction of sp³-hybridized carbons (Fsp3) is 0.643. The maximum absolute atomic E-state index is 13.5. The molecule has 5 atom stereocenters. The van der Waals surface area contributed by atoms with Crippen molar-refractivity contribution in [3.05, 3.63) is 56.6 Å². The molecule has 4 heteroatoms. The minimum absolute atomic E-state index is 0.00370. The second-order valence-electron chi connectivity index (χ2n) is 11.4. The maximum atomic E-state index is 13.5. The van der Waals surface area contributed by atoms with Gasteiger partial charge in [0.1, 0.15) is 0 Å². The van der Waals surface area contributed by atoms with Gasteiger partial charge in [-0.15, -0.1) is 0 Å². The first-order valence-corrected chi connectivity index (χ1v) is 12.8. The third kappa shape index (κ3) is 3.24. The topological polar surface area (TPSA) is 44.0 Å². The van der Waals surface area contributed by atoms with Gasteiger partial charge in [0, 0.05) is 0 Å². The summed E-state index contributed by atoms with van der Waals surface area (Å²) < 4.78 is 3.52. The Morgan fingerprint density at radius 1 is 1.00 bits per heavy atom. The van der Waals surface area contributed by atoms with E-state index in [1.54, 1.807) is 10.7 Å².